The summed E-state index contributed by atoms with van der Waals surface area (Å²) in [4.78, 5) is 10.9. The third kappa shape index (κ3) is 5.37. The van der Waals surface area contributed by atoms with Crippen LogP contribution < -0.4 is 4.74 Å². The first-order valence-corrected chi connectivity index (χ1v) is 9.57. The molecule has 4 rings (SSSR count). The van der Waals surface area contributed by atoms with Crippen molar-refractivity contribution in [1.82, 2.24) is 20.0 Å². The van der Waals surface area contributed by atoms with E-state index in [2.05, 4.69) is 20.0 Å². The maximum Gasteiger partial charge on any atom is 0.240 e. The molecule has 3 heterocycles. The molecule has 3 aromatic rings. The van der Waals surface area contributed by atoms with E-state index >= 15 is 0 Å². The van der Waals surface area contributed by atoms with Gasteiger partial charge in [-0.15, -0.1) is 0 Å². The number of pyridine rings is 1. The first-order valence-electron chi connectivity index (χ1n) is 9.57. The van der Waals surface area contributed by atoms with E-state index in [-0.39, 0.29) is 6.10 Å². The SMILES string of the molecule is c1ccc(OCc2noc(CN3CCCC(OCc4cccnc4)C3)n2)cc1. The molecule has 1 aliphatic rings. The Bertz CT molecular complexity index is 841. The van der Waals surface area contributed by atoms with Gasteiger partial charge in [-0.05, 0) is 43.1 Å². The summed E-state index contributed by atoms with van der Waals surface area (Å²) in [6.45, 7) is 3.38. The quantitative estimate of drug-likeness (QED) is 0.594. The normalized spacial score (nSPS) is 17.5. The lowest BCUT2D eigenvalue weighted by molar-refractivity contribution is -0.0142. The standard InChI is InChI=1S/C21H24N4O3/c1-2-7-18(8-3-1)27-16-20-23-21(28-24-20)14-25-11-5-9-19(13-25)26-15-17-6-4-10-22-12-17/h1-4,6-8,10,12,19H,5,9,11,13-16H2. The van der Waals surface area contributed by atoms with Gasteiger partial charge in [0.25, 0.3) is 0 Å². The molecule has 146 valence electrons. The number of rotatable bonds is 8. The van der Waals surface area contributed by atoms with Crippen molar-refractivity contribution in [3.05, 3.63) is 72.1 Å². The van der Waals surface area contributed by atoms with E-state index in [0.29, 0.717) is 31.5 Å². The van der Waals surface area contributed by atoms with Crippen molar-refractivity contribution in [3.8, 4) is 5.75 Å². The van der Waals surface area contributed by atoms with Crippen LogP contribution in [-0.4, -0.2) is 39.2 Å². The molecular formula is C21H24N4O3. The molecule has 0 amide bonds. The Kier molecular flexibility index (Phi) is 6.26. The fourth-order valence-corrected chi connectivity index (χ4v) is 3.26. The van der Waals surface area contributed by atoms with Crippen LogP contribution in [0.1, 0.15) is 30.1 Å². The third-order valence-corrected chi connectivity index (χ3v) is 4.65. The summed E-state index contributed by atoms with van der Waals surface area (Å²) in [6.07, 6.45) is 5.98. The second-order valence-electron chi connectivity index (χ2n) is 6.88. The van der Waals surface area contributed by atoms with Gasteiger partial charge in [0.05, 0.1) is 19.3 Å². The Morgan fingerprint density at radius 2 is 2.04 bits per heavy atom. The van der Waals surface area contributed by atoms with Gasteiger partial charge in [0.15, 0.2) is 6.61 Å². The molecule has 2 aromatic heterocycles. The number of piperidine rings is 1. The molecule has 1 atom stereocenters. The van der Waals surface area contributed by atoms with Crippen molar-refractivity contribution in [2.45, 2.75) is 38.7 Å². The summed E-state index contributed by atoms with van der Waals surface area (Å²) in [7, 11) is 0. The molecule has 1 aromatic carbocycles. The summed E-state index contributed by atoms with van der Waals surface area (Å²) < 4.78 is 17.1. The van der Waals surface area contributed by atoms with Crippen LogP contribution in [-0.2, 0) is 24.5 Å². The van der Waals surface area contributed by atoms with Gasteiger partial charge in [0, 0.05) is 18.9 Å². The van der Waals surface area contributed by atoms with Crippen molar-refractivity contribution >= 4 is 0 Å². The zero-order valence-electron chi connectivity index (χ0n) is 15.7. The third-order valence-electron chi connectivity index (χ3n) is 4.65. The fraction of sp³-hybridized carbons (Fsp3) is 0.381. The van der Waals surface area contributed by atoms with Crippen molar-refractivity contribution in [2.24, 2.45) is 0 Å². The van der Waals surface area contributed by atoms with Crippen LogP contribution in [0.3, 0.4) is 0 Å². The maximum absolute atomic E-state index is 6.06. The molecule has 0 saturated carbocycles. The molecule has 1 aliphatic heterocycles. The number of ether oxygens (including phenoxy) is 2. The van der Waals surface area contributed by atoms with Gasteiger partial charge in [-0.3, -0.25) is 9.88 Å². The largest absolute Gasteiger partial charge is 0.485 e. The van der Waals surface area contributed by atoms with Crippen molar-refractivity contribution in [3.63, 3.8) is 0 Å². The smallest absolute Gasteiger partial charge is 0.240 e. The number of aromatic nitrogens is 3. The zero-order valence-corrected chi connectivity index (χ0v) is 15.7. The Hall–Kier alpha value is -2.77. The molecule has 0 N–H and O–H groups in total. The lowest BCUT2D eigenvalue weighted by Gasteiger charge is -2.31. The Morgan fingerprint density at radius 1 is 1.11 bits per heavy atom. The second-order valence-corrected chi connectivity index (χ2v) is 6.88. The molecule has 7 heteroatoms. The number of hydrogen-bond donors (Lipinski definition) is 0. The fourth-order valence-electron chi connectivity index (χ4n) is 3.26. The summed E-state index contributed by atoms with van der Waals surface area (Å²) in [5.74, 6) is 1.96. The van der Waals surface area contributed by atoms with Crippen molar-refractivity contribution in [1.29, 1.82) is 0 Å². The van der Waals surface area contributed by atoms with Crippen molar-refractivity contribution in [2.75, 3.05) is 13.1 Å². The van der Waals surface area contributed by atoms with E-state index in [1.165, 1.54) is 0 Å². The number of likely N-dealkylation sites (tertiary alicyclic amines) is 1. The molecule has 1 saturated heterocycles. The maximum atomic E-state index is 6.06. The Balaban J connectivity index is 1.24. The van der Waals surface area contributed by atoms with E-state index in [4.69, 9.17) is 14.0 Å². The number of para-hydroxylation sites is 1. The van der Waals surface area contributed by atoms with E-state index in [0.717, 1.165) is 37.2 Å². The Labute approximate surface area is 164 Å². The number of hydrogen-bond acceptors (Lipinski definition) is 7. The second kappa shape index (κ2) is 9.43. The van der Waals surface area contributed by atoms with Gasteiger partial charge in [0.1, 0.15) is 5.75 Å². The molecule has 0 bridgehead atoms. The van der Waals surface area contributed by atoms with Gasteiger partial charge >= 0.3 is 0 Å². The Morgan fingerprint density at radius 3 is 2.89 bits per heavy atom. The van der Waals surface area contributed by atoms with E-state index in [1.54, 1.807) is 6.20 Å². The van der Waals surface area contributed by atoms with Gasteiger partial charge < -0.3 is 14.0 Å². The highest BCUT2D eigenvalue weighted by Gasteiger charge is 2.22. The minimum absolute atomic E-state index is 0.206. The average molecular weight is 380 g/mol. The average Bonchev–Trinajstić information content (AvgIpc) is 3.20. The van der Waals surface area contributed by atoms with Gasteiger partial charge in [-0.1, -0.05) is 29.4 Å². The van der Waals surface area contributed by atoms with Crippen LogP contribution in [0.5, 0.6) is 5.75 Å². The van der Waals surface area contributed by atoms with Gasteiger partial charge in [-0.25, -0.2) is 0 Å². The van der Waals surface area contributed by atoms with Crippen LogP contribution in [0.15, 0.2) is 59.4 Å². The molecule has 1 fully saturated rings. The molecular weight excluding hydrogens is 356 g/mol. The minimum Gasteiger partial charge on any atom is -0.485 e. The van der Waals surface area contributed by atoms with Gasteiger partial charge in [-0.2, -0.15) is 4.98 Å². The monoisotopic (exact) mass is 380 g/mol. The predicted molar refractivity (Wildman–Crippen MR) is 102 cm³/mol. The highest BCUT2D eigenvalue weighted by Crippen LogP contribution is 2.17. The minimum atomic E-state index is 0.206. The topological polar surface area (TPSA) is 73.5 Å². The number of benzene rings is 1. The summed E-state index contributed by atoms with van der Waals surface area (Å²) in [5, 5.41) is 4.02. The summed E-state index contributed by atoms with van der Waals surface area (Å²) in [6, 6.07) is 13.6. The lowest BCUT2D eigenvalue weighted by Crippen LogP contribution is -2.39. The van der Waals surface area contributed by atoms with Crippen LogP contribution in [0.25, 0.3) is 0 Å². The highest BCUT2D eigenvalue weighted by atomic mass is 16.5. The number of nitrogens with zero attached hydrogens (tertiary/aromatic N) is 4. The lowest BCUT2D eigenvalue weighted by atomic mass is 10.1. The van der Waals surface area contributed by atoms with E-state index < -0.39 is 0 Å². The molecule has 28 heavy (non-hydrogen) atoms. The molecule has 0 radical (unpaired) electrons. The van der Waals surface area contributed by atoms with Crippen LogP contribution in [0.2, 0.25) is 0 Å². The first-order chi connectivity index (χ1) is 13.8. The highest BCUT2D eigenvalue weighted by molar-refractivity contribution is 5.20. The molecule has 0 aliphatic carbocycles. The molecule has 1 unspecified atom stereocenters. The van der Waals surface area contributed by atoms with Crippen LogP contribution in [0.4, 0.5) is 0 Å². The van der Waals surface area contributed by atoms with E-state index in [1.807, 2.05) is 48.7 Å². The van der Waals surface area contributed by atoms with E-state index in [9.17, 15) is 0 Å². The van der Waals surface area contributed by atoms with Crippen LogP contribution in [0, 0.1) is 0 Å². The van der Waals surface area contributed by atoms with Gasteiger partial charge in [0.2, 0.25) is 11.7 Å². The molecule has 0 spiro atoms. The molecule has 7 nitrogen and oxygen atoms in total. The zero-order chi connectivity index (χ0) is 19.0. The first kappa shape index (κ1) is 18.6. The van der Waals surface area contributed by atoms with Crippen molar-refractivity contribution < 1.29 is 14.0 Å². The summed E-state index contributed by atoms with van der Waals surface area (Å²) in [5.41, 5.74) is 1.10. The predicted octanol–water partition coefficient (Wildman–Crippen LogP) is 3.22. The van der Waals surface area contributed by atoms with Crippen LogP contribution >= 0.6 is 0 Å². The summed E-state index contributed by atoms with van der Waals surface area (Å²) >= 11 is 0.